The Morgan fingerprint density at radius 2 is 2.38 bits per heavy atom. The molecule has 0 bridgehead atoms. The fourth-order valence-electron chi connectivity index (χ4n) is 2.23. The number of anilines is 1. The predicted octanol–water partition coefficient (Wildman–Crippen LogP) is 0.470. The molecule has 114 valence electrons. The van der Waals surface area contributed by atoms with Gasteiger partial charge in [0, 0.05) is 31.8 Å². The molecule has 1 atom stereocenters. The number of morpholine rings is 1. The first-order valence-electron chi connectivity index (χ1n) is 6.54. The molecule has 1 aliphatic heterocycles. The van der Waals surface area contributed by atoms with Crippen LogP contribution in [-0.4, -0.2) is 60.3 Å². The molecule has 0 spiro atoms. The third kappa shape index (κ3) is 3.29. The minimum atomic E-state index is -0.503. The van der Waals surface area contributed by atoms with Crippen molar-refractivity contribution in [1.82, 2.24) is 4.90 Å². The van der Waals surface area contributed by atoms with Crippen molar-refractivity contribution in [3.8, 4) is 0 Å². The van der Waals surface area contributed by atoms with Crippen LogP contribution in [0, 0.1) is 10.1 Å². The number of nitrogens with one attached hydrogen (secondary N) is 1. The highest BCUT2D eigenvalue weighted by atomic mass is 16.6. The molecule has 8 heteroatoms. The average molecular weight is 295 g/mol. The van der Waals surface area contributed by atoms with Gasteiger partial charge in [0.25, 0.3) is 11.6 Å². The van der Waals surface area contributed by atoms with E-state index in [1.165, 1.54) is 18.2 Å². The maximum atomic E-state index is 12.4. The third-order valence-electron chi connectivity index (χ3n) is 3.34. The summed E-state index contributed by atoms with van der Waals surface area (Å²) in [5.74, 6) is -0.233. The van der Waals surface area contributed by atoms with Gasteiger partial charge < -0.3 is 20.1 Å². The van der Waals surface area contributed by atoms with Gasteiger partial charge in [-0.15, -0.1) is 0 Å². The summed E-state index contributed by atoms with van der Waals surface area (Å²) in [6, 6.07) is 4.21. The summed E-state index contributed by atoms with van der Waals surface area (Å²) in [5, 5.41) is 22.7. The quantitative estimate of drug-likeness (QED) is 0.618. The Morgan fingerprint density at radius 3 is 3.00 bits per heavy atom. The van der Waals surface area contributed by atoms with Crippen LogP contribution in [0.25, 0.3) is 0 Å². The predicted molar refractivity (Wildman–Crippen MR) is 75.4 cm³/mol. The van der Waals surface area contributed by atoms with E-state index in [-0.39, 0.29) is 30.0 Å². The van der Waals surface area contributed by atoms with Crippen LogP contribution in [0.3, 0.4) is 0 Å². The fraction of sp³-hybridized carbons (Fsp3) is 0.462. The van der Waals surface area contributed by atoms with Crippen molar-refractivity contribution in [3.05, 3.63) is 33.9 Å². The molecule has 0 saturated carbocycles. The van der Waals surface area contributed by atoms with Gasteiger partial charge in [0.05, 0.1) is 24.2 Å². The van der Waals surface area contributed by atoms with Crippen LogP contribution in [-0.2, 0) is 4.74 Å². The van der Waals surface area contributed by atoms with Gasteiger partial charge >= 0.3 is 0 Å². The molecule has 1 aromatic rings. The zero-order valence-electron chi connectivity index (χ0n) is 11.6. The van der Waals surface area contributed by atoms with E-state index in [1.807, 2.05) is 0 Å². The number of hydrogen-bond acceptors (Lipinski definition) is 6. The summed E-state index contributed by atoms with van der Waals surface area (Å²) in [5.41, 5.74) is 0.575. The molecule has 0 radical (unpaired) electrons. The van der Waals surface area contributed by atoms with E-state index in [2.05, 4.69) is 5.32 Å². The van der Waals surface area contributed by atoms with Crippen LogP contribution in [0.1, 0.15) is 10.4 Å². The normalized spacial score (nSPS) is 18.4. The number of aliphatic hydroxyl groups is 1. The molecule has 8 nitrogen and oxygen atoms in total. The Balaban J connectivity index is 2.21. The maximum absolute atomic E-state index is 12.4. The second-order valence-corrected chi connectivity index (χ2v) is 4.67. The molecule has 1 unspecified atom stereocenters. The molecule has 2 rings (SSSR count). The van der Waals surface area contributed by atoms with Crippen molar-refractivity contribution in [2.45, 2.75) is 6.10 Å². The standard InChI is InChI=1S/C13H17N3O5/c1-14-11-6-9(2-3-12(11)16(19)20)13(18)15-4-5-21-10(7-15)8-17/h2-3,6,10,14,17H,4-5,7-8H2,1H3. The monoisotopic (exact) mass is 295 g/mol. The van der Waals surface area contributed by atoms with Gasteiger partial charge in [-0.25, -0.2) is 0 Å². The van der Waals surface area contributed by atoms with Crippen LogP contribution >= 0.6 is 0 Å². The molecular formula is C13H17N3O5. The Morgan fingerprint density at radius 1 is 1.62 bits per heavy atom. The minimum absolute atomic E-state index is 0.0794. The summed E-state index contributed by atoms with van der Waals surface area (Å²) < 4.78 is 5.29. The molecule has 21 heavy (non-hydrogen) atoms. The molecule has 0 aromatic heterocycles. The average Bonchev–Trinajstić information content (AvgIpc) is 2.53. The summed E-state index contributed by atoms with van der Waals surface area (Å²) in [4.78, 5) is 24.3. The molecule has 1 heterocycles. The van der Waals surface area contributed by atoms with Crippen LogP contribution in [0.5, 0.6) is 0 Å². The lowest BCUT2D eigenvalue weighted by molar-refractivity contribution is -0.383. The zero-order valence-corrected chi connectivity index (χ0v) is 11.6. The van der Waals surface area contributed by atoms with Crippen molar-refractivity contribution < 1.29 is 19.6 Å². The summed E-state index contributed by atoms with van der Waals surface area (Å²) >= 11 is 0. The van der Waals surface area contributed by atoms with Crippen molar-refractivity contribution in [2.75, 3.05) is 38.7 Å². The van der Waals surface area contributed by atoms with E-state index < -0.39 is 4.92 Å². The Labute approximate surface area is 121 Å². The topological polar surface area (TPSA) is 105 Å². The molecule has 2 N–H and O–H groups in total. The minimum Gasteiger partial charge on any atom is -0.394 e. The van der Waals surface area contributed by atoms with E-state index in [4.69, 9.17) is 9.84 Å². The van der Waals surface area contributed by atoms with Gasteiger partial charge in [0.2, 0.25) is 0 Å². The Hall–Kier alpha value is -2.19. The zero-order chi connectivity index (χ0) is 15.4. The lowest BCUT2D eigenvalue weighted by Gasteiger charge is -2.32. The SMILES string of the molecule is CNc1cc(C(=O)N2CCOC(CO)C2)ccc1[N+](=O)[O-]. The smallest absolute Gasteiger partial charge is 0.292 e. The number of rotatable bonds is 4. The number of amides is 1. The summed E-state index contributed by atoms with van der Waals surface area (Å²) in [6.45, 7) is 0.955. The molecule has 1 aliphatic rings. The largest absolute Gasteiger partial charge is 0.394 e. The summed E-state index contributed by atoms with van der Waals surface area (Å²) in [7, 11) is 1.56. The molecule has 1 amide bonds. The number of carbonyl (C=O) groups excluding carboxylic acids is 1. The van der Waals surface area contributed by atoms with Crippen molar-refractivity contribution in [3.63, 3.8) is 0 Å². The van der Waals surface area contributed by atoms with Crippen LogP contribution in [0.4, 0.5) is 11.4 Å². The van der Waals surface area contributed by atoms with Crippen LogP contribution < -0.4 is 5.32 Å². The molecular weight excluding hydrogens is 278 g/mol. The number of nitro groups is 1. The van der Waals surface area contributed by atoms with E-state index in [0.29, 0.717) is 25.3 Å². The highest BCUT2D eigenvalue weighted by Gasteiger charge is 2.25. The lowest BCUT2D eigenvalue weighted by Crippen LogP contribution is -2.46. The van der Waals surface area contributed by atoms with Gasteiger partial charge in [-0.1, -0.05) is 0 Å². The third-order valence-corrected chi connectivity index (χ3v) is 3.34. The number of benzene rings is 1. The number of aliphatic hydroxyl groups excluding tert-OH is 1. The van der Waals surface area contributed by atoms with Gasteiger partial charge in [0.1, 0.15) is 5.69 Å². The van der Waals surface area contributed by atoms with Crippen LogP contribution in [0.15, 0.2) is 18.2 Å². The number of nitrogens with zero attached hydrogens (tertiary/aromatic N) is 2. The van der Waals surface area contributed by atoms with E-state index >= 15 is 0 Å². The molecule has 1 fully saturated rings. The maximum Gasteiger partial charge on any atom is 0.292 e. The number of ether oxygens (including phenoxy) is 1. The van der Waals surface area contributed by atoms with E-state index in [0.717, 1.165) is 0 Å². The fourth-order valence-corrected chi connectivity index (χ4v) is 2.23. The highest BCUT2D eigenvalue weighted by molar-refractivity contribution is 5.96. The number of carbonyl (C=O) groups is 1. The molecule has 0 aliphatic carbocycles. The molecule has 1 aromatic carbocycles. The lowest BCUT2D eigenvalue weighted by atomic mass is 10.1. The van der Waals surface area contributed by atoms with Gasteiger partial charge in [-0.05, 0) is 12.1 Å². The number of hydrogen-bond donors (Lipinski definition) is 2. The second-order valence-electron chi connectivity index (χ2n) is 4.67. The first-order chi connectivity index (χ1) is 10.1. The van der Waals surface area contributed by atoms with Crippen molar-refractivity contribution in [2.24, 2.45) is 0 Å². The Kier molecular flexibility index (Phi) is 4.71. The van der Waals surface area contributed by atoms with Crippen LogP contribution in [0.2, 0.25) is 0 Å². The van der Waals surface area contributed by atoms with Crippen molar-refractivity contribution in [1.29, 1.82) is 0 Å². The Bertz CT molecular complexity index is 549. The van der Waals surface area contributed by atoms with Gasteiger partial charge in [0.15, 0.2) is 0 Å². The second kappa shape index (κ2) is 6.51. The molecule has 1 saturated heterocycles. The van der Waals surface area contributed by atoms with E-state index in [1.54, 1.807) is 11.9 Å². The first kappa shape index (κ1) is 15.2. The summed E-state index contributed by atoms with van der Waals surface area (Å²) in [6.07, 6.45) is -0.385. The van der Waals surface area contributed by atoms with Gasteiger partial charge in [-0.2, -0.15) is 0 Å². The highest BCUT2D eigenvalue weighted by Crippen LogP contribution is 2.25. The van der Waals surface area contributed by atoms with E-state index in [9.17, 15) is 14.9 Å². The van der Waals surface area contributed by atoms with Crippen molar-refractivity contribution >= 4 is 17.3 Å². The number of nitro benzene ring substituents is 1. The first-order valence-corrected chi connectivity index (χ1v) is 6.54. The van der Waals surface area contributed by atoms with Gasteiger partial charge in [-0.3, -0.25) is 14.9 Å².